The molecule has 2 heterocycles. The van der Waals surface area contributed by atoms with Crippen LogP contribution >= 0.6 is 0 Å². The van der Waals surface area contributed by atoms with Crippen LogP contribution in [0.15, 0.2) is 0 Å². The van der Waals surface area contributed by atoms with Gasteiger partial charge >= 0.3 is 0 Å². The zero-order valence-corrected chi connectivity index (χ0v) is 10.6. The highest BCUT2D eigenvalue weighted by Gasteiger charge is 2.37. The van der Waals surface area contributed by atoms with E-state index in [2.05, 4.69) is 17.1 Å². The monoisotopic (exact) mass is 239 g/mol. The number of likely N-dealkylation sites (tertiary alicyclic amines) is 2. The molecule has 2 atom stereocenters. The van der Waals surface area contributed by atoms with Gasteiger partial charge in [0.25, 0.3) is 0 Å². The summed E-state index contributed by atoms with van der Waals surface area (Å²) in [6.07, 6.45) is 2.58. The minimum absolute atomic E-state index is 0.0735. The first-order valence-electron chi connectivity index (χ1n) is 6.40. The summed E-state index contributed by atoms with van der Waals surface area (Å²) in [5.74, 6) is -0.153. The molecule has 2 fully saturated rings. The van der Waals surface area contributed by atoms with E-state index in [9.17, 15) is 9.59 Å². The number of rotatable bonds is 3. The average molecular weight is 239 g/mol. The highest BCUT2D eigenvalue weighted by molar-refractivity contribution is 6.05. The van der Waals surface area contributed by atoms with Crippen molar-refractivity contribution < 1.29 is 9.59 Å². The molecule has 0 bridgehead atoms. The van der Waals surface area contributed by atoms with E-state index < -0.39 is 0 Å². The Balaban J connectivity index is 1.89. The van der Waals surface area contributed by atoms with E-state index in [4.69, 9.17) is 0 Å². The lowest BCUT2D eigenvalue weighted by molar-refractivity contribution is -0.137. The molecule has 0 aromatic carbocycles. The molecule has 0 aliphatic carbocycles. The maximum Gasteiger partial charge on any atom is 0.246 e. The van der Waals surface area contributed by atoms with Gasteiger partial charge in [-0.1, -0.05) is 6.92 Å². The van der Waals surface area contributed by atoms with Crippen molar-refractivity contribution in [3.63, 3.8) is 0 Å². The predicted molar refractivity (Wildman–Crippen MR) is 64.5 cm³/mol. The summed E-state index contributed by atoms with van der Waals surface area (Å²) in [6.45, 7) is 5.33. The summed E-state index contributed by atoms with van der Waals surface area (Å²) < 4.78 is 0. The number of nitrogens with one attached hydrogen (secondary N) is 1. The number of carbonyl (C=O) groups is 2. The van der Waals surface area contributed by atoms with E-state index in [0.29, 0.717) is 12.5 Å². The van der Waals surface area contributed by atoms with Gasteiger partial charge in [-0.3, -0.25) is 14.5 Å². The molecule has 5 nitrogen and oxygen atoms in total. The highest BCUT2D eigenvalue weighted by atomic mass is 16.2. The summed E-state index contributed by atoms with van der Waals surface area (Å²) >= 11 is 0. The van der Waals surface area contributed by atoms with Crippen LogP contribution in [0, 0.1) is 0 Å². The molecule has 17 heavy (non-hydrogen) atoms. The average Bonchev–Trinajstić information content (AvgIpc) is 2.57. The Morgan fingerprint density at radius 1 is 1.41 bits per heavy atom. The molecule has 0 saturated carbocycles. The topological polar surface area (TPSA) is 52.7 Å². The van der Waals surface area contributed by atoms with Gasteiger partial charge in [-0.15, -0.1) is 0 Å². The SMILES string of the molecule is CCN1CCCC(NC2CC(=O)N(C)C2=O)C1. The van der Waals surface area contributed by atoms with Gasteiger partial charge in [0.15, 0.2) is 0 Å². The van der Waals surface area contributed by atoms with Crippen LogP contribution in [0.4, 0.5) is 0 Å². The van der Waals surface area contributed by atoms with Crippen LogP contribution < -0.4 is 5.32 Å². The second kappa shape index (κ2) is 5.14. The Morgan fingerprint density at radius 3 is 2.76 bits per heavy atom. The second-order valence-electron chi connectivity index (χ2n) is 4.95. The molecule has 0 spiro atoms. The van der Waals surface area contributed by atoms with Gasteiger partial charge in [0.1, 0.15) is 0 Å². The summed E-state index contributed by atoms with van der Waals surface area (Å²) in [4.78, 5) is 26.8. The fourth-order valence-electron chi connectivity index (χ4n) is 2.65. The molecule has 2 rings (SSSR count). The first kappa shape index (κ1) is 12.5. The fraction of sp³-hybridized carbons (Fsp3) is 0.833. The molecule has 2 unspecified atom stereocenters. The predicted octanol–water partition coefficient (Wildman–Crippen LogP) is -0.182. The third kappa shape index (κ3) is 2.66. The molecule has 0 radical (unpaired) electrons. The van der Waals surface area contributed by atoms with Gasteiger partial charge in [-0.2, -0.15) is 0 Å². The standard InChI is InChI=1S/C12H21N3O2/c1-3-15-6-4-5-9(8-15)13-10-7-11(16)14(2)12(10)17/h9-10,13H,3-8H2,1-2H3. The zero-order chi connectivity index (χ0) is 12.4. The number of imide groups is 1. The fourth-order valence-corrected chi connectivity index (χ4v) is 2.65. The summed E-state index contributed by atoms with van der Waals surface area (Å²) in [7, 11) is 1.56. The van der Waals surface area contributed by atoms with Gasteiger partial charge < -0.3 is 10.2 Å². The van der Waals surface area contributed by atoms with E-state index in [1.165, 1.54) is 4.90 Å². The van der Waals surface area contributed by atoms with Crippen LogP contribution in [0.3, 0.4) is 0 Å². The van der Waals surface area contributed by atoms with Crippen LogP contribution in [-0.4, -0.2) is 60.4 Å². The van der Waals surface area contributed by atoms with Gasteiger partial charge in [0.2, 0.25) is 11.8 Å². The van der Waals surface area contributed by atoms with Crippen LogP contribution in [0.2, 0.25) is 0 Å². The first-order chi connectivity index (χ1) is 8.11. The molecule has 96 valence electrons. The van der Waals surface area contributed by atoms with E-state index >= 15 is 0 Å². The van der Waals surface area contributed by atoms with Crippen molar-refractivity contribution >= 4 is 11.8 Å². The minimum Gasteiger partial charge on any atom is -0.302 e. The highest BCUT2D eigenvalue weighted by Crippen LogP contribution is 2.15. The Labute approximate surface area is 102 Å². The molecule has 1 N–H and O–H groups in total. The van der Waals surface area contributed by atoms with E-state index in [0.717, 1.165) is 32.5 Å². The van der Waals surface area contributed by atoms with Crippen LogP contribution in [0.25, 0.3) is 0 Å². The molecule has 0 aromatic heterocycles. The number of likely N-dealkylation sites (N-methyl/N-ethyl adjacent to an activating group) is 2. The van der Waals surface area contributed by atoms with Gasteiger partial charge in [0, 0.05) is 19.6 Å². The largest absolute Gasteiger partial charge is 0.302 e. The van der Waals surface area contributed by atoms with Crippen molar-refractivity contribution in [2.24, 2.45) is 0 Å². The Morgan fingerprint density at radius 2 is 2.18 bits per heavy atom. The van der Waals surface area contributed by atoms with Crippen molar-refractivity contribution in [3.05, 3.63) is 0 Å². The van der Waals surface area contributed by atoms with Crippen LogP contribution in [0.1, 0.15) is 26.2 Å². The summed E-state index contributed by atoms with van der Waals surface area (Å²) in [6, 6.07) is 0.0475. The number of carbonyl (C=O) groups excluding carboxylic acids is 2. The number of nitrogens with zero attached hydrogens (tertiary/aromatic N) is 2. The molecule has 2 aliphatic heterocycles. The lowest BCUT2D eigenvalue weighted by atomic mass is 10.0. The molecular weight excluding hydrogens is 218 g/mol. The van der Waals surface area contributed by atoms with Crippen molar-refractivity contribution in [1.82, 2.24) is 15.1 Å². The first-order valence-corrected chi connectivity index (χ1v) is 6.40. The molecule has 5 heteroatoms. The third-order valence-electron chi connectivity index (χ3n) is 3.77. The smallest absolute Gasteiger partial charge is 0.246 e. The van der Waals surface area contributed by atoms with E-state index in [-0.39, 0.29) is 17.9 Å². The van der Waals surface area contributed by atoms with Gasteiger partial charge in [0.05, 0.1) is 12.5 Å². The van der Waals surface area contributed by atoms with E-state index in [1.54, 1.807) is 7.05 Å². The Kier molecular flexibility index (Phi) is 3.79. The summed E-state index contributed by atoms with van der Waals surface area (Å²) in [5.41, 5.74) is 0. The van der Waals surface area contributed by atoms with Crippen molar-refractivity contribution in [1.29, 1.82) is 0 Å². The van der Waals surface area contributed by atoms with Crippen molar-refractivity contribution in [3.8, 4) is 0 Å². The lowest BCUT2D eigenvalue weighted by Crippen LogP contribution is -2.50. The minimum atomic E-state index is -0.297. The maximum atomic E-state index is 11.8. The molecule has 2 saturated heterocycles. The Bertz CT molecular complexity index is 319. The van der Waals surface area contributed by atoms with E-state index in [1.807, 2.05) is 0 Å². The van der Waals surface area contributed by atoms with Crippen LogP contribution in [0.5, 0.6) is 0 Å². The quantitative estimate of drug-likeness (QED) is 0.694. The molecule has 2 aliphatic rings. The van der Waals surface area contributed by atoms with Gasteiger partial charge in [-0.05, 0) is 25.9 Å². The number of piperidine rings is 1. The second-order valence-corrected chi connectivity index (χ2v) is 4.95. The maximum absolute atomic E-state index is 11.8. The summed E-state index contributed by atoms with van der Waals surface area (Å²) in [5, 5.41) is 3.34. The molecule has 2 amide bonds. The number of amides is 2. The number of hydrogen-bond donors (Lipinski definition) is 1. The molecule has 0 aromatic rings. The zero-order valence-electron chi connectivity index (χ0n) is 10.6. The van der Waals surface area contributed by atoms with Crippen molar-refractivity contribution in [2.45, 2.75) is 38.3 Å². The van der Waals surface area contributed by atoms with Crippen molar-refractivity contribution in [2.75, 3.05) is 26.7 Å². The third-order valence-corrected chi connectivity index (χ3v) is 3.77. The van der Waals surface area contributed by atoms with Gasteiger partial charge in [-0.25, -0.2) is 0 Å². The Hall–Kier alpha value is -0.940. The van der Waals surface area contributed by atoms with Crippen LogP contribution in [-0.2, 0) is 9.59 Å². The molecular formula is C12H21N3O2. The number of hydrogen-bond acceptors (Lipinski definition) is 4. The normalized spacial score (nSPS) is 31.3. The lowest BCUT2D eigenvalue weighted by Gasteiger charge is -2.33.